The Balaban J connectivity index is 1.61. The average Bonchev–Trinajstić information content (AvgIpc) is 2.91. The SMILES string of the molecule is CC(=O)c1ccc2c(c1)CCN2CCOc1ccccc1. The normalized spacial score (nSPS) is 13.1. The number of rotatable bonds is 5. The van der Waals surface area contributed by atoms with Gasteiger partial charge in [0.05, 0.1) is 6.54 Å². The Morgan fingerprint density at radius 3 is 2.76 bits per heavy atom. The lowest BCUT2D eigenvalue weighted by molar-refractivity contribution is 0.101. The zero-order chi connectivity index (χ0) is 14.7. The number of fused-ring (bicyclic) bond motifs is 1. The van der Waals surface area contributed by atoms with Crippen LogP contribution in [0.2, 0.25) is 0 Å². The number of para-hydroxylation sites is 1. The molecule has 1 aliphatic rings. The van der Waals surface area contributed by atoms with Gasteiger partial charge in [-0.25, -0.2) is 0 Å². The molecule has 0 bridgehead atoms. The number of Topliss-reactive ketones (excluding diaryl/α,β-unsaturated/α-hetero) is 1. The van der Waals surface area contributed by atoms with Crippen molar-refractivity contribution in [1.82, 2.24) is 0 Å². The van der Waals surface area contributed by atoms with Crippen LogP contribution in [0, 0.1) is 0 Å². The van der Waals surface area contributed by atoms with Crippen molar-refractivity contribution in [3.63, 3.8) is 0 Å². The minimum Gasteiger partial charge on any atom is -0.492 e. The van der Waals surface area contributed by atoms with E-state index >= 15 is 0 Å². The molecule has 2 aromatic rings. The number of carbonyl (C=O) groups excluding carboxylic acids is 1. The van der Waals surface area contributed by atoms with Crippen LogP contribution in [0.15, 0.2) is 48.5 Å². The fourth-order valence-electron chi connectivity index (χ4n) is 2.71. The zero-order valence-electron chi connectivity index (χ0n) is 12.2. The van der Waals surface area contributed by atoms with Crippen molar-refractivity contribution in [3.05, 3.63) is 59.7 Å². The number of ketones is 1. The second-order valence-corrected chi connectivity index (χ2v) is 5.30. The topological polar surface area (TPSA) is 29.5 Å². The molecule has 0 aromatic heterocycles. The van der Waals surface area contributed by atoms with Gasteiger partial charge < -0.3 is 9.64 Å². The van der Waals surface area contributed by atoms with Gasteiger partial charge >= 0.3 is 0 Å². The van der Waals surface area contributed by atoms with Crippen molar-refractivity contribution < 1.29 is 9.53 Å². The van der Waals surface area contributed by atoms with E-state index in [1.807, 2.05) is 42.5 Å². The van der Waals surface area contributed by atoms with E-state index in [4.69, 9.17) is 4.74 Å². The minimum atomic E-state index is 0.128. The van der Waals surface area contributed by atoms with E-state index in [1.165, 1.54) is 11.3 Å². The van der Waals surface area contributed by atoms with Gasteiger partial charge in [-0.2, -0.15) is 0 Å². The smallest absolute Gasteiger partial charge is 0.159 e. The quantitative estimate of drug-likeness (QED) is 0.787. The Hall–Kier alpha value is -2.29. The molecule has 3 nitrogen and oxygen atoms in total. The monoisotopic (exact) mass is 281 g/mol. The molecule has 0 aliphatic carbocycles. The Kier molecular flexibility index (Phi) is 3.91. The molecule has 0 fully saturated rings. The number of nitrogens with zero attached hydrogens (tertiary/aromatic N) is 1. The number of hydrogen-bond donors (Lipinski definition) is 0. The predicted molar refractivity (Wildman–Crippen MR) is 84.3 cm³/mol. The van der Waals surface area contributed by atoms with Crippen molar-refractivity contribution in [2.24, 2.45) is 0 Å². The van der Waals surface area contributed by atoms with Crippen LogP contribution in [0.4, 0.5) is 5.69 Å². The lowest BCUT2D eigenvalue weighted by Crippen LogP contribution is -2.26. The summed E-state index contributed by atoms with van der Waals surface area (Å²) < 4.78 is 5.75. The molecular formula is C18H19NO2. The lowest BCUT2D eigenvalue weighted by atomic mass is 10.1. The fourth-order valence-corrected chi connectivity index (χ4v) is 2.71. The van der Waals surface area contributed by atoms with Crippen LogP contribution in [0.1, 0.15) is 22.8 Å². The Morgan fingerprint density at radius 2 is 2.00 bits per heavy atom. The van der Waals surface area contributed by atoms with Crippen LogP contribution in [0.3, 0.4) is 0 Å². The van der Waals surface area contributed by atoms with E-state index in [9.17, 15) is 4.79 Å². The third kappa shape index (κ3) is 3.07. The van der Waals surface area contributed by atoms with Crippen LogP contribution in [0.5, 0.6) is 5.75 Å². The van der Waals surface area contributed by atoms with Gasteiger partial charge in [0.2, 0.25) is 0 Å². The van der Waals surface area contributed by atoms with E-state index in [2.05, 4.69) is 11.0 Å². The molecule has 0 spiro atoms. The van der Waals surface area contributed by atoms with Crippen molar-refractivity contribution in [1.29, 1.82) is 0 Å². The first-order valence-corrected chi connectivity index (χ1v) is 7.31. The molecule has 0 saturated heterocycles. The van der Waals surface area contributed by atoms with Crippen molar-refractivity contribution >= 4 is 11.5 Å². The van der Waals surface area contributed by atoms with Crippen LogP contribution >= 0.6 is 0 Å². The molecule has 3 rings (SSSR count). The second kappa shape index (κ2) is 6.00. The number of ether oxygens (including phenoxy) is 1. The molecule has 1 heterocycles. The van der Waals surface area contributed by atoms with Gasteiger partial charge in [-0.3, -0.25) is 4.79 Å². The second-order valence-electron chi connectivity index (χ2n) is 5.30. The van der Waals surface area contributed by atoms with Crippen LogP contribution in [-0.4, -0.2) is 25.5 Å². The molecule has 0 radical (unpaired) electrons. The predicted octanol–water partition coefficient (Wildman–Crippen LogP) is 3.33. The third-order valence-electron chi connectivity index (χ3n) is 3.85. The van der Waals surface area contributed by atoms with Gasteiger partial charge in [0, 0.05) is 17.8 Å². The number of benzene rings is 2. The highest BCUT2D eigenvalue weighted by Gasteiger charge is 2.19. The molecule has 0 unspecified atom stereocenters. The van der Waals surface area contributed by atoms with Gasteiger partial charge in [-0.05, 0) is 49.2 Å². The standard InChI is InChI=1S/C18H19NO2/c1-14(20)15-7-8-18-16(13-15)9-10-19(18)11-12-21-17-5-3-2-4-6-17/h2-8,13H,9-12H2,1H3. The Labute approximate surface area is 125 Å². The van der Waals surface area contributed by atoms with Crippen LogP contribution in [-0.2, 0) is 6.42 Å². The highest BCUT2D eigenvalue weighted by atomic mass is 16.5. The van der Waals surface area contributed by atoms with Crippen LogP contribution < -0.4 is 9.64 Å². The lowest BCUT2D eigenvalue weighted by Gasteiger charge is -2.19. The summed E-state index contributed by atoms with van der Waals surface area (Å²) in [6, 6.07) is 15.9. The van der Waals surface area contributed by atoms with Gasteiger partial charge in [0.1, 0.15) is 12.4 Å². The van der Waals surface area contributed by atoms with E-state index in [0.29, 0.717) is 6.61 Å². The molecule has 1 aliphatic heterocycles. The highest BCUT2D eigenvalue weighted by molar-refractivity contribution is 5.94. The summed E-state index contributed by atoms with van der Waals surface area (Å²) >= 11 is 0. The molecule has 3 heteroatoms. The summed E-state index contributed by atoms with van der Waals surface area (Å²) in [4.78, 5) is 13.7. The summed E-state index contributed by atoms with van der Waals surface area (Å²) in [7, 11) is 0. The van der Waals surface area contributed by atoms with Gasteiger partial charge in [-0.1, -0.05) is 18.2 Å². The molecule has 0 saturated carbocycles. The van der Waals surface area contributed by atoms with Crippen molar-refractivity contribution in [2.45, 2.75) is 13.3 Å². The van der Waals surface area contributed by atoms with Gasteiger partial charge in [-0.15, -0.1) is 0 Å². The fraction of sp³-hybridized carbons (Fsp3) is 0.278. The largest absolute Gasteiger partial charge is 0.492 e. The first-order chi connectivity index (χ1) is 10.2. The van der Waals surface area contributed by atoms with E-state index in [0.717, 1.165) is 30.8 Å². The van der Waals surface area contributed by atoms with E-state index < -0.39 is 0 Å². The summed E-state index contributed by atoms with van der Waals surface area (Å²) in [5.41, 5.74) is 3.30. The first kappa shape index (κ1) is 13.7. The maximum atomic E-state index is 11.4. The Morgan fingerprint density at radius 1 is 1.19 bits per heavy atom. The first-order valence-electron chi connectivity index (χ1n) is 7.31. The molecular weight excluding hydrogens is 262 g/mol. The summed E-state index contributed by atoms with van der Waals surface area (Å²) in [5.74, 6) is 1.03. The number of carbonyl (C=O) groups is 1. The molecule has 0 atom stereocenters. The Bertz CT molecular complexity index is 637. The molecule has 2 aromatic carbocycles. The van der Waals surface area contributed by atoms with Gasteiger partial charge in [0.15, 0.2) is 5.78 Å². The van der Waals surface area contributed by atoms with E-state index in [-0.39, 0.29) is 5.78 Å². The molecule has 21 heavy (non-hydrogen) atoms. The maximum absolute atomic E-state index is 11.4. The van der Waals surface area contributed by atoms with Crippen LogP contribution in [0.25, 0.3) is 0 Å². The highest BCUT2D eigenvalue weighted by Crippen LogP contribution is 2.28. The molecule has 0 amide bonds. The number of anilines is 1. The summed E-state index contributed by atoms with van der Waals surface area (Å²) in [5, 5.41) is 0. The average molecular weight is 281 g/mol. The molecule has 0 N–H and O–H groups in total. The third-order valence-corrected chi connectivity index (χ3v) is 3.85. The maximum Gasteiger partial charge on any atom is 0.159 e. The van der Waals surface area contributed by atoms with Gasteiger partial charge in [0.25, 0.3) is 0 Å². The van der Waals surface area contributed by atoms with Crippen molar-refractivity contribution in [2.75, 3.05) is 24.6 Å². The van der Waals surface area contributed by atoms with E-state index in [1.54, 1.807) is 6.92 Å². The van der Waals surface area contributed by atoms with Crippen molar-refractivity contribution in [3.8, 4) is 5.75 Å². The summed E-state index contributed by atoms with van der Waals surface area (Å²) in [6.07, 6.45) is 1.00. The zero-order valence-corrected chi connectivity index (χ0v) is 12.2. The minimum absolute atomic E-state index is 0.128. The number of hydrogen-bond acceptors (Lipinski definition) is 3. The summed E-state index contributed by atoms with van der Waals surface area (Å²) in [6.45, 7) is 4.14. The molecule has 108 valence electrons.